The van der Waals surface area contributed by atoms with Gasteiger partial charge in [0, 0.05) is 25.3 Å². The topological polar surface area (TPSA) is 131 Å². The lowest BCUT2D eigenvalue weighted by Crippen LogP contribution is -2.52. The van der Waals surface area contributed by atoms with Gasteiger partial charge in [0.1, 0.15) is 12.6 Å². The highest BCUT2D eigenvalue weighted by molar-refractivity contribution is 7.89. The van der Waals surface area contributed by atoms with E-state index in [9.17, 15) is 18.0 Å². The zero-order valence-electron chi connectivity index (χ0n) is 20.1. The lowest BCUT2D eigenvalue weighted by molar-refractivity contribution is -0.119. The van der Waals surface area contributed by atoms with Crippen molar-refractivity contribution in [2.24, 2.45) is 11.7 Å². The second-order valence-electron chi connectivity index (χ2n) is 8.91. The third kappa shape index (κ3) is 7.27. The molecular formula is C25H34N4O5S. The average molecular weight is 503 g/mol. The second-order valence-corrected chi connectivity index (χ2v) is 11.4. The number of nitrogens with one attached hydrogen (secondary N) is 2. The number of nitrogens with zero attached hydrogens (tertiary/aromatic N) is 1. The molecule has 1 heterocycles. The Hall–Kier alpha value is -2.95. The molecule has 1 atom stereocenters. The maximum atomic E-state index is 13.3. The number of alkyl carbamates (subject to hydrolysis) is 1. The zero-order chi connectivity index (χ0) is 25.4. The SMILES string of the molecule is CC(C)S(=O)(=O)N1CCC([C@@H](NC(=O)OCc2ccccc2)C(=O)Nc2cccc(CN)c2)CC1. The molecular weight excluding hydrogens is 468 g/mol. The number of hydrogen-bond acceptors (Lipinski definition) is 6. The second kappa shape index (κ2) is 12.1. The number of anilines is 1. The molecule has 2 aromatic rings. The van der Waals surface area contributed by atoms with Gasteiger partial charge in [0.15, 0.2) is 0 Å². The molecule has 0 radical (unpaired) electrons. The average Bonchev–Trinajstić information content (AvgIpc) is 2.86. The van der Waals surface area contributed by atoms with Gasteiger partial charge in [-0.25, -0.2) is 17.5 Å². The smallest absolute Gasteiger partial charge is 0.408 e. The van der Waals surface area contributed by atoms with Gasteiger partial charge >= 0.3 is 6.09 Å². The normalized spacial score (nSPS) is 16.0. The van der Waals surface area contributed by atoms with Gasteiger partial charge in [-0.05, 0) is 55.9 Å². The van der Waals surface area contributed by atoms with Crippen molar-refractivity contribution in [3.63, 3.8) is 0 Å². The van der Waals surface area contributed by atoms with Crippen molar-refractivity contribution in [2.75, 3.05) is 18.4 Å². The highest BCUT2D eigenvalue weighted by Crippen LogP contribution is 2.25. The van der Waals surface area contributed by atoms with Gasteiger partial charge < -0.3 is 21.1 Å². The fourth-order valence-electron chi connectivity index (χ4n) is 4.05. The van der Waals surface area contributed by atoms with Crippen LogP contribution in [0.1, 0.15) is 37.8 Å². The first-order valence-electron chi connectivity index (χ1n) is 11.8. The molecule has 0 saturated carbocycles. The number of benzene rings is 2. The van der Waals surface area contributed by atoms with Crippen LogP contribution in [0.25, 0.3) is 0 Å². The number of hydrogen-bond donors (Lipinski definition) is 3. The minimum Gasteiger partial charge on any atom is -0.445 e. The van der Waals surface area contributed by atoms with Crippen molar-refractivity contribution in [3.8, 4) is 0 Å². The molecule has 35 heavy (non-hydrogen) atoms. The molecule has 10 heteroatoms. The van der Waals surface area contributed by atoms with Gasteiger partial charge in [0.2, 0.25) is 15.9 Å². The molecule has 190 valence electrons. The van der Waals surface area contributed by atoms with Gasteiger partial charge in [-0.15, -0.1) is 0 Å². The molecule has 2 aromatic carbocycles. The van der Waals surface area contributed by atoms with Crippen molar-refractivity contribution >= 4 is 27.7 Å². The van der Waals surface area contributed by atoms with Crippen LogP contribution in [0.5, 0.6) is 0 Å². The largest absolute Gasteiger partial charge is 0.445 e. The maximum absolute atomic E-state index is 13.3. The van der Waals surface area contributed by atoms with Crippen LogP contribution in [-0.2, 0) is 32.7 Å². The van der Waals surface area contributed by atoms with Gasteiger partial charge in [-0.1, -0.05) is 42.5 Å². The number of amides is 2. The van der Waals surface area contributed by atoms with Gasteiger partial charge in [-0.3, -0.25) is 4.79 Å². The lowest BCUT2D eigenvalue weighted by Gasteiger charge is -2.35. The van der Waals surface area contributed by atoms with Crippen LogP contribution in [0.4, 0.5) is 10.5 Å². The molecule has 0 aromatic heterocycles. The molecule has 4 N–H and O–H groups in total. The quantitative estimate of drug-likeness (QED) is 0.483. The van der Waals surface area contributed by atoms with E-state index >= 15 is 0 Å². The summed E-state index contributed by atoms with van der Waals surface area (Å²) in [6.45, 7) is 4.29. The number of piperidine rings is 1. The monoisotopic (exact) mass is 502 g/mol. The summed E-state index contributed by atoms with van der Waals surface area (Å²) < 4.78 is 31.9. The fourth-order valence-corrected chi connectivity index (χ4v) is 5.36. The Morgan fingerprint density at radius 2 is 1.71 bits per heavy atom. The van der Waals surface area contributed by atoms with Crippen LogP contribution in [0, 0.1) is 5.92 Å². The molecule has 3 rings (SSSR count). The van der Waals surface area contributed by atoms with Crippen LogP contribution < -0.4 is 16.4 Å². The summed E-state index contributed by atoms with van der Waals surface area (Å²) in [6.07, 6.45) is 0.166. The highest BCUT2D eigenvalue weighted by atomic mass is 32.2. The lowest BCUT2D eigenvalue weighted by atomic mass is 9.89. The van der Waals surface area contributed by atoms with Gasteiger partial charge in [0.05, 0.1) is 5.25 Å². The van der Waals surface area contributed by atoms with Crippen molar-refractivity contribution < 1.29 is 22.7 Å². The van der Waals surface area contributed by atoms with E-state index in [0.29, 0.717) is 38.2 Å². The molecule has 1 fully saturated rings. The number of ether oxygens (including phenoxy) is 1. The summed E-state index contributed by atoms with van der Waals surface area (Å²) in [5.74, 6) is -0.642. The molecule has 1 aliphatic heterocycles. The van der Waals surface area contributed by atoms with Gasteiger partial charge in [0.25, 0.3) is 0 Å². The molecule has 0 bridgehead atoms. The van der Waals surface area contributed by atoms with Crippen molar-refractivity contribution in [1.29, 1.82) is 0 Å². The maximum Gasteiger partial charge on any atom is 0.408 e. The van der Waals surface area contributed by atoms with Crippen LogP contribution in [-0.4, -0.2) is 49.1 Å². The van der Waals surface area contributed by atoms with Crippen LogP contribution in [0.15, 0.2) is 54.6 Å². The first-order chi connectivity index (χ1) is 16.7. The third-order valence-electron chi connectivity index (χ3n) is 6.12. The van der Waals surface area contributed by atoms with Crippen LogP contribution in [0.3, 0.4) is 0 Å². The first kappa shape index (κ1) is 26.7. The summed E-state index contributed by atoms with van der Waals surface area (Å²) >= 11 is 0. The van der Waals surface area contributed by atoms with E-state index in [4.69, 9.17) is 10.5 Å². The Labute approximate surface area is 207 Å². The number of carbonyl (C=O) groups excluding carboxylic acids is 2. The summed E-state index contributed by atoms with van der Waals surface area (Å²) in [7, 11) is -3.38. The van der Waals surface area contributed by atoms with E-state index in [1.54, 1.807) is 32.0 Å². The summed E-state index contributed by atoms with van der Waals surface area (Å²) in [6, 6.07) is 15.5. The standard InChI is InChI=1S/C25H34N4O5S/c1-18(2)35(32,33)29-13-11-21(12-14-29)23(24(30)27-22-10-6-9-20(15-22)16-26)28-25(31)34-17-19-7-4-3-5-8-19/h3-10,15,18,21,23H,11-14,16-17,26H2,1-2H3,(H,27,30)(H,28,31)/t23-/m1/s1. The molecule has 1 aliphatic rings. The first-order valence-corrected chi connectivity index (χ1v) is 13.3. The summed E-state index contributed by atoms with van der Waals surface area (Å²) in [5, 5.41) is 5.06. The van der Waals surface area contributed by atoms with Gasteiger partial charge in [-0.2, -0.15) is 0 Å². The molecule has 1 saturated heterocycles. The Kier molecular flexibility index (Phi) is 9.25. The Morgan fingerprint density at radius 3 is 2.34 bits per heavy atom. The number of rotatable bonds is 9. The minimum absolute atomic E-state index is 0.0740. The van der Waals surface area contributed by atoms with E-state index in [-0.39, 0.29) is 18.4 Å². The molecule has 2 amide bonds. The number of nitrogens with two attached hydrogens (primary N) is 1. The Morgan fingerprint density at radius 1 is 1.06 bits per heavy atom. The van der Waals surface area contributed by atoms with E-state index in [1.807, 2.05) is 36.4 Å². The number of sulfonamides is 1. The predicted octanol–water partition coefficient (Wildman–Crippen LogP) is 2.83. The van der Waals surface area contributed by atoms with E-state index < -0.39 is 27.4 Å². The molecule has 0 aliphatic carbocycles. The van der Waals surface area contributed by atoms with Crippen molar-refractivity contribution in [2.45, 2.75) is 51.1 Å². The minimum atomic E-state index is -3.38. The predicted molar refractivity (Wildman–Crippen MR) is 135 cm³/mol. The molecule has 0 spiro atoms. The number of carbonyl (C=O) groups is 2. The Balaban J connectivity index is 1.70. The third-order valence-corrected chi connectivity index (χ3v) is 8.40. The van der Waals surface area contributed by atoms with Crippen molar-refractivity contribution in [3.05, 3.63) is 65.7 Å². The summed E-state index contributed by atoms with van der Waals surface area (Å²) in [4.78, 5) is 25.9. The van der Waals surface area contributed by atoms with Crippen LogP contribution in [0.2, 0.25) is 0 Å². The Bertz CT molecular complexity index is 1100. The highest BCUT2D eigenvalue weighted by Gasteiger charge is 2.37. The summed E-state index contributed by atoms with van der Waals surface area (Å²) in [5.41, 5.74) is 7.97. The van der Waals surface area contributed by atoms with E-state index in [2.05, 4.69) is 10.6 Å². The van der Waals surface area contributed by atoms with E-state index in [0.717, 1.165) is 11.1 Å². The van der Waals surface area contributed by atoms with Crippen LogP contribution >= 0.6 is 0 Å². The van der Waals surface area contributed by atoms with E-state index in [1.165, 1.54) is 4.31 Å². The fraction of sp³-hybridized carbons (Fsp3) is 0.440. The molecule has 0 unspecified atom stereocenters. The molecule has 9 nitrogen and oxygen atoms in total. The zero-order valence-corrected chi connectivity index (χ0v) is 21.0. The van der Waals surface area contributed by atoms with Crippen molar-refractivity contribution in [1.82, 2.24) is 9.62 Å².